The highest BCUT2D eigenvalue weighted by Gasteiger charge is 2.26. The molecule has 0 amide bonds. The van der Waals surface area contributed by atoms with Crippen molar-refractivity contribution in [2.75, 3.05) is 37.7 Å². The summed E-state index contributed by atoms with van der Waals surface area (Å²) in [6, 6.07) is 11.9. The van der Waals surface area contributed by atoms with Crippen molar-refractivity contribution in [2.45, 2.75) is 12.0 Å². The topological polar surface area (TPSA) is 103 Å². The summed E-state index contributed by atoms with van der Waals surface area (Å²) in [5, 5.41) is 0.958. The van der Waals surface area contributed by atoms with Crippen LogP contribution < -0.4 is 16.4 Å². The lowest BCUT2D eigenvalue weighted by molar-refractivity contribution is 0.122. The first-order valence-corrected chi connectivity index (χ1v) is 9.23. The van der Waals surface area contributed by atoms with Gasteiger partial charge in [-0.1, -0.05) is 30.3 Å². The largest absolute Gasteiger partial charge is 0.378 e. The number of morpholine rings is 1. The van der Waals surface area contributed by atoms with E-state index in [-0.39, 0.29) is 12.0 Å². The van der Waals surface area contributed by atoms with Gasteiger partial charge in [0.25, 0.3) is 0 Å². The minimum absolute atomic E-state index is 0.121. The molecule has 4 N–H and O–H groups in total. The van der Waals surface area contributed by atoms with E-state index in [4.69, 9.17) is 26.2 Å². The van der Waals surface area contributed by atoms with Crippen LogP contribution in [-0.4, -0.2) is 53.8 Å². The van der Waals surface area contributed by atoms with Crippen LogP contribution in [0.3, 0.4) is 0 Å². The second-order valence-corrected chi connectivity index (χ2v) is 6.69. The van der Waals surface area contributed by atoms with Gasteiger partial charge in [0.05, 0.1) is 30.6 Å². The Labute approximate surface area is 158 Å². The molecule has 1 aromatic carbocycles. The average molecular weight is 364 g/mol. The van der Waals surface area contributed by atoms with E-state index in [1.54, 1.807) is 12.4 Å². The molecule has 0 aliphatic carbocycles. The van der Waals surface area contributed by atoms with E-state index >= 15 is 0 Å². The third-order valence-electron chi connectivity index (χ3n) is 4.96. The van der Waals surface area contributed by atoms with E-state index in [0.29, 0.717) is 25.7 Å². The Hall–Kier alpha value is -2.61. The molecule has 0 radical (unpaired) electrons. The Morgan fingerprint density at radius 2 is 1.85 bits per heavy atom. The molecule has 1 saturated heterocycles. The number of hydrogen-bond acceptors (Lipinski definition) is 7. The summed E-state index contributed by atoms with van der Waals surface area (Å²) >= 11 is 0. The van der Waals surface area contributed by atoms with Crippen LogP contribution in [0.5, 0.6) is 0 Å². The molecule has 2 unspecified atom stereocenters. The third kappa shape index (κ3) is 3.62. The number of ether oxygens (including phenoxy) is 1. The third-order valence-corrected chi connectivity index (χ3v) is 4.96. The molecule has 7 heteroatoms. The summed E-state index contributed by atoms with van der Waals surface area (Å²) in [5.41, 5.74) is 15.2. The quantitative estimate of drug-likeness (QED) is 0.703. The zero-order chi connectivity index (χ0) is 18.6. The van der Waals surface area contributed by atoms with Gasteiger partial charge in [0.1, 0.15) is 0 Å². The number of benzene rings is 1. The predicted octanol–water partition coefficient (Wildman–Crippen LogP) is 1.28. The van der Waals surface area contributed by atoms with E-state index in [9.17, 15) is 0 Å². The van der Waals surface area contributed by atoms with Crippen LogP contribution in [0.15, 0.2) is 48.8 Å². The molecule has 0 bridgehead atoms. The van der Waals surface area contributed by atoms with Crippen molar-refractivity contribution in [1.29, 1.82) is 0 Å². The fourth-order valence-electron chi connectivity index (χ4n) is 3.54. The molecule has 27 heavy (non-hydrogen) atoms. The molecule has 2 atom stereocenters. The van der Waals surface area contributed by atoms with Crippen molar-refractivity contribution in [1.82, 2.24) is 15.0 Å². The normalized spacial score (nSPS) is 17.0. The molecule has 2 aromatic heterocycles. The van der Waals surface area contributed by atoms with Gasteiger partial charge in [-0.25, -0.2) is 9.97 Å². The fourth-order valence-corrected chi connectivity index (χ4v) is 3.54. The number of hydrogen-bond donors (Lipinski definition) is 2. The molecule has 0 saturated carbocycles. The Balaban J connectivity index is 1.89. The molecule has 7 nitrogen and oxygen atoms in total. The smallest absolute Gasteiger partial charge is 0.226 e. The molecule has 3 aromatic rings. The molecule has 4 rings (SSSR count). The van der Waals surface area contributed by atoms with Crippen molar-refractivity contribution in [2.24, 2.45) is 11.5 Å². The van der Waals surface area contributed by atoms with Gasteiger partial charge in [-0.3, -0.25) is 4.98 Å². The maximum absolute atomic E-state index is 6.47. The van der Waals surface area contributed by atoms with Crippen LogP contribution in [-0.2, 0) is 4.74 Å². The standard InChI is InChI=1S/C20H24N6O/c21-12-16(22)18(14-4-2-1-3-5-14)19-15-6-7-23-13-17(15)24-20(25-19)26-8-10-27-11-9-26/h1-7,13,16,18H,8-12,21-22H2. The van der Waals surface area contributed by atoms with Crippen LogP contribution in [0, 0.1) is 0 Å². The average Bonchev–Trinajstić information content (AvgIpc) is 2.75. The molecule has 0 spiro atoms. The number of fused-ring (bicyclic) bond motifs is 1. The second kappa shape index (κ2) is 7.96. The maximum atomic E-state index is 6.47. The van der Waals surface area contributed by atoms with Crippen LogP contribution >= 0.6 is 0 Å². The first-order valence-electron chi connectivity index (χ1n) is 9.23. The van der Waals surface area contributed by atoms with E-state index in [0.717, 1.165) is 35.2 Å². The number of pyridine rings is 1. The van der Waals surface area contributed by atoms with Crippen molar-refractivity contribution >= 4 is 16.9 Å². The summed E-state index contributed by atoms with van der Waals surface area (Å²) < 4.78 is 5.47. The minimum Gasteiger partial charge on any atom is -0.378 e. The SMILES string of the molecule is NCC(N)C(c1ccccc1)c1nc(N2CCOCC2)nc2cnccc12. The Kier molecular flexibility index (Phi) is 5.24. The van der Waals surface area contributed by atoms with Crippen LogP contribution in [0.4, 0.5) is 5.95 Å². The number of nitrogens with two attached hydrogens (primary N) is 2. The molecule has 140 valence electrons. The van der Waals surface area contributed by atoms with Gasteiger partial charge in [-0.05, 0) is 11.6 Å². The van der Waals surface area contributed by atoms with Gasteiger partial charge < -0.3 is 21.1 Å². The van der Waals surface area contributed by atoms with Gasteiger partial charge >= 0.3 is 0 Å². The van der Waals surface area contributed by atoms with Crippen molar-refractivity contribution < 1.29 is 4.74 Å². The molecular formula is C20H24N6O. The summed E-state index contributed by atoms with van der Waals surface area (Å²) in [4.78, 5) is 16.1. The lowest BCUT2D eigenvalue weighted by Crippen LogP contribution is -2.39. The maximum Gasteiger partial charge on any atom is 0.226 e. The Morgan fingerprint density at radius 3 is 2.59 bits per heavy atom. The van der Waals surface area contributed by atoms with Crippen LogP contribution in [0.25, 0.3) is 10.9 Å². The molecular weight excluding hydrogens is 340 g/mol. The van der Waals surface area contributed by atoms with E-state index in [1.165, 1.54) is 0 Å². The molecule has 1 fully saturated rings. The summed E-state index contributed by atoms with van der Waals surface area (Å²) in [7, 11) is 0. The Bertz CT molecular complexity index is 897. The minimum atomic E-state index is -0.254. The predicted molar refractivity (Wildman–Crippen MR) is 106 cm³/mol. The number of aromatic nitrogens is 3. The van der Waals surface area contributed by atoms with Gasteiger partial charge in [0.2, 0.25) is 5.95 Å². The van der Waals surface area contributed by atoms with Gasteiger partial charge in [0, 0.05) is 43.2 Å². The highest BCUT2D eigenvalue weighted by Crippen LogP contribution is 2.32. The van der Waals surface area contributed by atoms with Crippen molar-refractivity contribution in [3.63, 3.8) is 0 Å². The first kappa shape index (κ1) is 17.8. The highest BCUT2D eigenvalue weighted by molar-refractivity contribution is 5.82. The van der Waals surface area contributed by atoms with Gasteiger partial charge in [0.15, 0.2) is 0 Å². The zero-order valence-corrected chi connectivity index (χ0v) is 15.2. The number of anilines is 1. The van der Waals surface area contributed by atoms with Crippen LogP contribution in [0.2, 0.25) is 0 Å². The van der Waals surface area contributed by atoms with E-state index in [1.807, 2.05) is 24.3 Å². The van der Waals surface area contributed by atoms with Gasteiger partial charge in [-0.15, -0.1) is 0 Å². The first-order chi connectivity index (χ1) is 13.3. The zero-order valence-electron chi connectivity index (χ0n) is 15.2. The molecule has 3 heterocycles. The lowest BCUT2D eigenvalue weighted by Gasteiger charge is -2.29. The van der Waals surface area contributed by atoms with E-state index in [2.05, 4.69) is 22.0 Å². The van der Waals surface area contributed by atoms with Crippen molar-refractivity contribution in [3.8, 4) is 0 Å². The Morgan fingerprint density at radius 1 is 1.07 bits per heavy atom. The van der Waals surface area contributed by atoms with Crippen LogP contribution in [0.1, 0.15) is 17.2 Å². The second-order valence-electron chi connectivity index (χ2n) is 6.69. The number of rotatable bonds is 5. The fraction of sp³-hybridized carbons (Fsp3) is 0.350. The summed E-state index contributed by atoms with van der Waals surface area (Å²) in [6.45, 7) is 3.25. The number of nitrogens with zero attached hydrogens (tertiary/aromatic N) is 4. The van der Waals surface area contributed by atoms with E-state index < -0.39 is 0 Å². The van der Waals surface area contributed by atoms with Gasteiger partial charge in [-0.2, -0.15) is 0 Å². The monoisotopic (exact) mass is 364 g/mol. The highest BCUT2D eigenvalue weighted by atomic mass is 16.5. The molecule has 1 aliphatic rings. The summed E-state index contributed by atoms with van der Waals surface area (Å²) in [5.74, 6) is 0.572. The van der Waals surface area contributed by atoms with Crippen molar-refractivity contribution in [3.05, 3.63) is 60.0 Å². The lowest BCUT2D eigenvalue weighted by atomic mass is 9.87. The summed E-state index contributed by atoms with van der Waals surface area (Å²) in [6.07, 6.45) is 3.54. The molecule has 1 aliphatic heterocycles.